The highest BCUT2D eigenvalue weighted by atomic mass is 16.5. The summed E-state index contributed by atoms with van der Waals surface area (Å²) in [4.78, 5) is 10.7. The highest BCUT2D eigenvalue weighted by Crippen LogP contribution is 2.11. The van der Waals surface area contributed by atoms with E-state index >= 15 is 0 Å². The van der Waals surface area contributed by atoms with Crippen molar-refractivity contribution in [1.29, 1.82) is 0 Å². The molecule has 0 bridgehead atoms. The molecule has 1 aliphatic rings. The van der Waals surface area contributed by atoms with Crippen LogP contribution in [0.2, 0.25) is 0 Å². The van der Waals surface area contributed by atoms with E-state index in [0.29, 0.717) is 12.2 Å². The molecule has 0 N–H and O–H groups in total. The Bertz CT molecular complexity index is 180. The third-order valence-electron chi connectivity index (χ3n) is 1.36. The van der Waals surface area contributed by atoms with E-state index in [1.165, 1.54) is 0 Å². The molecule has 0 atom stereocenters. The first-order chi connectivity index (χ1) is 4.83. The van der Waals surface area contributed by atoms with Crippen LogP contribution in [0.25, 0.3) is 0 Å². The lowest BCUT2D eigenvalue weighted by Crippen LogP contribution is -1.99. The molecule has 1 aliphatic heterocycles. The van der Waals surface area contributed by atoms with E-state index in [0.717, 1.165) is 12.8 Å². The molecule has 10 heavy (non-hydrogen) atoms. The van der Waals surface area contributed by atoms with Crippen molar-refractivity contribution in [3.63, 3.8) is 0 Å². The molecule has 0 saturated heterocycles. The summed E-state index contributed by atoms with van der Waals surface area (Å²) >= 11 is 0. The fourth-order valence-electron chi connectivity index (χ4n) is 0.840. The molecule has 1 rings (SSSR count). The van der Waals surface area contributed by atoms with Crippen LogP contribution in [0.3, 0.4) is 0 Å². The van der Waals surface area contributed by atoms with E-state index in [9.17, 15) is 4.79 Å². The predicted octanol–water partition coefficient (Wildman–Crippen LogP) is 1.78. The van der Waals surface area contributed by atoms with E-state index in [1.54, 1.807) is 6.08 Å². The molecule has 0 aromatic rings. The maximum absolute atomic E-state index is 10.7. The van der Waals surface area contributed by atoms with Crippen molar-refractivity contribution in [3.05, 3.63) is 24.5 Å². The molecule has 0 fully saturated rings. The number of rotatable bonds is 1. The summed E-state index contributed by atoms with van der Waals surface area (Å²) in [6, 6.07) is 0. The Morgan fingerprint density at radius 1 is 1.70 bits per heavy atom. The van der Waals surface area contributed by atoms with Gasteiger partial charge < -0.3 is 4.74 Å². The SMILES string of the molecule is C=CC1=CCCCC(=O)O1. The van der Waals surface area contributed by atoms with Gasteiger partial charge in [0.25, 0.3) is 0 Å². The second kappa shape index (κ2) is 3.20. The molecule has 0 saturated carbocycles. The number of allylic oxidation sites excluding steroid dienone is 2. The average Bonchev–Trinajstić information content (AvgIpc) is 2.13. The van der Waals surface area contributed by atoms with Crippen LogP contribution in [0.4, 0.5) is 0 Å². The van der Waals surface area contributed by atoms with Crippen molar-refractivity contribution in [2.45, 2.75) is 19.3 Å². The van der Waals surface area contributed by atoms with Gasteiger partial charge in [0.2, 0.25) is 0 Å². The lowest BCUT2D eigenvalue weighted by molar-refractivity contribution is -0.138. The molecule has 0 amide bonds. The van der Waals surface area contributed by atoms with Crippen molar-refractivity contribution < 1.29 is 9.53 Å². The van der Waals surface area contributed by atoms with Gasteiger partial charge in [0.15, 0.2) is 0 Å². The fraction of sp³-hybridized carbons (Fsp3) is 0.375. The van der Waals surface area contributed by atoms with Gasteiger partial charge in [0.1, 0.15) is 5.76 Å². The van der Waals surface area contributed by atoms with Gasteiger partial charge in [-0.2, -0.15) is 0 Å². The van der Waals surface area contributed by atoms with E-state index in [4.69, 9.17) is 4.74 Å². The average molecular weight is 138 g/mol. The first kappa shape index (κ1) is 7.06. The standard InChI is InChI=1S/C8H10O2/c1-2-7-5-3-4-6-8(9)10-7/h2,5H,1,3-4,6H2. The number of cyclic esters (lactones) is 1. The number of esters is 1. The number of hydrogen-bond donors (Lipinski definition) is 0. The first-order valence-corrected chi connectivity index (χ1v) is 3.36. The Morgan fingerprint density at radius 3 is 3.20 bits per heavy atom. The highest BCUT2D eigenvalue weighted by molar-refractivity contribution is 5.71. The Kier molecular flexibility index (Phi) is 2.26. The van der Waals surface area contributed by atoms with Crippen LogP contribution >= 0.6 is 0 Å². The molecule has 0 aromatic heterocycles. The molecular weight excluding hydrogens is 128 g/mol. The summed E-state index contributed by atoms with van der Waals surface area (Å²) in [5.74, 6) is 0.450. The Hall–Kier alpha value is -1.05. The number of hydrogen-bond acceptors (Lipinski definition) is 2. The molecule has 0 unspecified atom stereocenters. The van der Waals surface area contributed by atoms with Crippen LogP contribution in [-0.4, -0.2) is 5.97 Å². The maximum atomic E-state index is 10.7. The normalized spacial score (nSPS) is 18.8. The molecule has 1 heterocycles. The molecular formula is C8H10O2. The van der Waals surface area contributed by atoms with Crippen molar-refractivity contribution in [1.82, 2.24) is 0 Å². The van der Waals surface area contributed by atoms with Crippen LogP contribution in [0.15, 0.2) is 24.5 Å². The van der Waals surface area contributed by atoms with E-state index < -0.39 is 0 Å². The lowest BCUT2D eigenvalue weighted by atomic mass is 10.2. The highest BCUT2D eigenvalue weighted by Gasteiger charge is 2.07. The molecule has 2 nitrogen and oxygen atoms in total. The van der Waals surface area contributed by atoms with Gasteiger partial charge in [-0.05, 0) is 25.0 Å². The van der Waals surface area contributed by atoms with Gasteiger partial charge in [-0.3, -0.25) is 4.79 Å². The lowest BCUT2D eigenvalue weighted by Gasteiger charge is -1.98. The van der Waals surface area contributed by atoms with E-state index in [-0.39, 0.29) is 5.97 Å². The Morgan fingerprint density at radius 2 is 2.50 bits per heavy atom. The monoisotopic (exact) mass is 138 g/mol. The quantitative estimate of drug-likeness (QED) is 0.516. The summed E-state index contributed by atoms with van der Waals surface area (Å²) < 4.78 is 4.86. The van der Waals surface area contributed by atoms with Crippen LogP contribution in [0.5, 0.6) is 0 Å². The van der Waals surface area contributed by atoms with Crippen molar-refractivity contribution in [2.75, 3.05) is 0 Å². The second-order valence-electron chi connectivity index (χ2n) is 2.18. The predicted molar refractivity (Wildman–Crippen MR) is 38.2 cm³/mol. The van der Waals surface area contributed by atoms with Crippen molar-refractivity contribution in [3.8, 4) is 0 Å². The van der Waals surface area contributed by atoms with Crippen LogP contribution in [0.1, 0.15) is 19.3 Å². The summed E-state index contributed by atoms with van der Waals surface area (Å²) in [5.41, 5.74) is 0. The molecule has 0 aromatic carbocycles. The molecule has 0 aliphatic carbocycles. The van der Waals surface area contributed by atoms with E-state index in [1.807, 2.05) is 6.08 Å². The van der Waals surface area contributed by atoms with Gasteiger partial charge >= 0.3 is 5.97 Å². The number of carbonyl (C=O) groups is 1. The van der Waals surface area contributed by atoms with E-state index in [2.05, 4.69) is 6.58 Å². The topological polar surface area (TPSA) is 26.3 Å². The minimum absolute atomic E-state index is 0.149. The summed E-state index contributed by atoms with van der Waals surface area (Å²) in [6.45, 7) is 3.51. The Balaban J connectivity index is 2.62. The van der Waals surface area contributed by atoms with Crippen molar-refractivity contribution >= 4 is 5.97 Å². The van der Waals surface area contributed by atoms with Gasteiger partial charge in [-0.15, -0.1) is 0 Å². The smallest absolute Gasteiger partial charge is 0.311 e. The minimum atomic E-state index is -0.149. The molecule has 54 valence electrons. The van der Waals surface area contributed by atoms with Crippen molar-refractivity contribution in [2.24, 2.45) is 0 Å². The molecule has 2 heteroatoms. The largest absolute Gasteiger partial charge is 0.427 e. The van der Waals surface area contributed by atoms with Gasteiger partial charge in [-0.25, -0.2) is 0 Å². The zero-order valence-electron chi connectivity index (χ0n) is 5.80. The molecule has 0 radical (unpaired) electrons. The Labute approximate surface area is 60.2 Å². The first-order valence-electron chi connectivity index (χ1n) is 3.36. The summed E-state index contributed by atoms with van der Waals surface area (Å²) in [5, 5.41) is 0. The molecule has 0 spiro atoms. The summed E-state index contributed by atoms with van der Waals surface area (Å²) in [6.07, 6.45) is 5.76. The van der Waals surface area contributed by atoms with Crippen LogP contribution in [0, 0.1) is 0 Å². The van der Waals surface area contributed by atoms with Gasteiger partial charge in [0.05, 0.1) is 0 Å². The van der Waals surface area contributed by atoms with Gasteiger partial charge in [0, 0.05) is 6.42 Å². The zero-order chi connectivity index (χ0) is 7.40. The van der Waals surface area contributed by atoms with Gasteiger partial charge in [-0.1, -0.05) is 6.58 Å². The zero-order valence-corrected chi connectivity index (χ0v) is 5.80. The summed E-state index contributed by atoms with van der Waals surface area (Å²) in [7, 11) is 0. The number of ether oxygens (including phenoxy) is 1. The third kappa shape index (κ3) is 1.72. The second-order valence-corrected chi connectivity index (χ2v) is 2.18. The van der Waals surface area contributed by atoms with Crippen LogP contribution < -0.4 is 0 Å². The maximum Gasteiger partial charge on any atom is 0.311 e. The minimum Gasteiger partial charge on any atom is -0.427 e. The fourth-order valence-corrected chi connectivity index (χ4v) is 0.840. The third-order valence-corrected chi connectivity index (χ3v) is 1.36. The van der Waals surface area contributed by atoms with Crippen LogP contribution in [-0.2, 0) is 9.53 Å². The number of carbonyl (C=O) groups excluding carboxylic acids is 1.